The molecule has 31 heavy (non-hydrogen) atoms. The van der Waals surface area contributed by atoms with E-state index in [4.69, 9.17) is 0 Å². The van der Waals surface area contributed by atoms with E-state index in [0.29, 0.717) is 0 Å². The van der Waals surface area contributed by atoms with Gasteiger partial charge in [0, 0.05) is 32.7 Å². The minimum Gasteiger partial charge on any atom is -0.184 e. The van der Waals surface area contributed by atoms with Gasteiger partial charge in [-0.25, -0.2) is 0 Å². The van der Waals surface area contributed by atoms with Gasteiger partial charge in [-0.2, -0.15) is 71.8 Å². The second-order valence-electron chi connectivity index (χ2n) is 7.31. The van der Waals surface area contributed by atoms with Crippen LogP contribution in [0.3, 0.4) is 0 Å². The topological polar surface area (TPSA) is 0 Å². The quantitative estimate of drug-likeness (QED) is 0.253. The van der Waals surface area contributed by atoms with E-state index in [2.05, 4.69) is 88.4 Å². The zero-order chi connectivity index (χ0) is 20.9. The Balaban J connectivity index is 0.000000475. The summed E-state index contributed by atoms with van der Waals surface area (Å²) in [6.07, 6.45) is 1.03. The summed E-state index contributed by atoms with van der Waals surface area (Å²) in [4.78, 5) is 0. The summed E-state index contributed by atoms with van der Waals surface area (Å²) in [6, 6.07) is 39.1. The first kappa shape index (κ1) is 29.0. The molecule has 0 aliphatic heterocycles. The van der Waals surface area contributed by atoms with Gasteiger partial charge in [0.2, 0.25) is 0 Å². The Labute approximate surface area is 215 Å². The van der Waals surface area contributed by atoms with E-state index < -0.39 is 0 Å². The van der Waals surface area contributed by atoms with Crippen LogP contribution in [0.15, 0.2) is 97.1 Å². The van der Waals surface area contributed by atoms with Crippen molar-refractivity contribution in [1.29, 1.82) is 0 Å². The molecule has 4 rings (SSSR count). The third-order valence-corrected chi connectivity index (χ3v) is 4.38. The first-order chi connectivity index (χ1) is 14.0. The molecule has 0 amide bonds. The Kier molecular flexibility index (Phi) is 15.6. The number of hydrogen-bond acceptors (Lipinski definition) is 0. The third-order valence-electron chi connectivity index (χ3n) is 4.38. The molecule has 0 aliphatic carbocycles. The standard InChI is InChI=1S/C15H16.2C7H7.CH4.Y/c1-12-6-8-14(9-7-12)11-15-5-3-4-13(2)10-15;2*1-7-5-3-2-4-6-7;;/h3-10H,11H2,1-2H3;2*3-6H,1H3;1H4;/q;2*-1;;. The maximum Gasteiger partial charge on any atom is 0 e. The zero-order valence-electron chi connectivity index (χ0n) is 18.5. The van der Waals surface area contributed by atoms with Crippen molar-refractivity contribution in [3.05, 3.63) is 143 Å². The van der Waals surface area contributed by atoms with E-state index in [9.17, 15) is 0 Å². The first-order valence-corrected chi connectivity index (χ1v) is 9.99. The maximum absolute atomic E-state index is 2.93. The van der Waals surface area contributed by atoms with Gasteiger partial charge in [-0.3, -0.25) is 0 Å². The van der Waals surface area contributed by atoms with Crippen molar-refractivity contribution in [2.75, 3.05) is 0 Å². The fourth-order valence-electron chi connectivity index (χ4n) is 2.70. The molecule has 0 heterocycles. The van der Waals surface area contributed by atoms with Gasteiger partial charge < -0.3 is 0 Å². The summed E-state index contributed by atoms with van der Waals surface area (Å²) in [5, 5.41) is 0. The predicted molar refractivity (Wildman–Crippen MR) is 132 cm³/mol. The third kappa shape index (κ3) is 13.1. The van der Waals surface area contributed by atoms with Crippen molar-refractivity contribution in [3.8, 4) is 0 Å². The van der Waals surface area contributed by atoms with Crippen LogP contribution in [0, 0.1) is 39.8 Å². The second kappa shape index (κ2) is 16.6. The molecule has 0 bridgehead atoms. The minimum atomic E-state index is 0. The van der Waals surface area contributed by atoms with E-state index in [1.807, 2.05) is 48.5 Å². The first-order valence-electron chi connectivity index (χ1n) is 9.99. The van der Waals surface area contributed by atoms with E-state index in [1.165, 1.54) is 33.4 Å². The smallest absolute Gasteiger partial charge is 0 e. The minimum absolute atomic E-state index is 0. The summed E-state index contributed by atoms with van der Waals surface area (Å²) < 4.78 is 0. The maximum atomic E-state index is 2.93. The summed E-state index contributed by atoms with van der Waals surface area (Å²) in [5.74, 6) is 0. The molecule has 0 saturated heterocycles. The zero-order valence-corrected chi connectivity index (χ0v) is 21.4. The second-order valence-corrected chi connectivity index (χ2v) is 7.31. The fourth-order valence-corrected chi connectivity index (χ4v) is 2.70. The van der Waals surface area contributed by atoms with Crippen molar-refractivity contribution in [2.45, 2.75) is 41.5 Å². The van der Waals surface area contributed by atoms with Gasteiger partial charge in [-0.05, 0) is 31.4 Å². The van der Waals surface area contributed by atoms with Crippen molar-refractivity contribution < 1.29 is 32.7 Å². The molecule has 0 spiro atoms. The number of hydrogen-bond donors (Lipinski definition) is 0. The van der Waals surface area contributed by atoms with Gasteiger partial charge in [0.15, 0.2) is 0 Å². The molecule has 4 aromatic carbocycles. The van der Waals surface area contributed by atoms with Crippen LogP contribution in [0.4, 0.5) is 0 Å². The number of rotatable bonds is 2. The summed E-state index contributed by atoms with van der Waals surface area (Å²) in [7, 11) is 0. The van der Waals surface area contributed by atoms with Gasteiger partial charge in [-0.15, -0.1) is 0 Å². The average Bonchev–Trinajstić information content (AvgIpc) is 2.72. The van der Waals surface area contributed by atoms with E-state index >= 15 is 0 Å². The summed E-state index contributed by atoms with van der Waals surface area (Å²) in [6.45, 7) is 8.39. The molecule has 1 radical (unpaired) electrons. The van der Waals surface area contributed by atoms with Crippen LogP contribution in [-0.4, -0.2) is 0 Å². The Morgan fingerprint density at radius 1 is 0.516 bits per heavy atom. The van der Waals surface area contributed by atoms with Crippen molar-refractivity contribution in [3.63, 3.8) is 0 Å². The molecule has 4 aromatic rings. The Bertz CT molecular complexity index is 905. The van der Waals surface area contributed by atoms with Crippen LogP contribution in [0.2, 0.25) is 0 Å². The van der Waals surface area contributed by atoms with Crippen LogP contribution in [0.5, 0.6) is 0 Å². The predicted octanol–water partition coefficient (Wildman–Crippen LogP) is 8.12. The molecule has 0 aromatic heterocycles. The van der Waals surface area contributed by atoms with Crippen LogP contribution in [0.1, 0.15) is 40.8 Å². The van der Waals surface area contributed by atoms with Crippen LogP contribution < -0.4 is 0 Å². The van der Waals surface area contributed by atoms with Crippen molar-refractivity contribution >= 4 is 0 Å². The van der Waals surface area contributed by atoms with Crippen LogP contribution in [-0.2, 0) is 39.1 Å². The Morgan fingerprint density at radius 3 is 1.35 bits per heavy atom. The van der Waals surface area contributed by atoms with Gasteiger partial charge in [0.25, 0.3) is 0 Å². The van der Waals surface area contributed by atoms with Gasteiger partial charge in [0.1, 0.15) is 0 Å². The molecule has 159 valence electrons. The molecule has 0 atom stereocenters. The molecule has 0 N–H and O–H groups in total. The molecule has 0 nitrogen and oxygen atoms in total. The largest absolute Gasteiger partial charge is 0.184 e. The average molecular weight is 484 g/mol. The molecule has 0 unspecified atom stereocenters. The van der Waals surface area contributed by atoms with Crippen LogP contribution >= 0.6 is 0 Å². The molecule has 0 fully saturated rings. The monoisotopic (exact) mass is 483 g/mol. The van der Waals surface area contributed by atoms with Gasteiger partial charge in [-0.1, -0.05) is 80.9 Å². The van der Waals surface area contributed by atoms with E-state index in [0.717, 1.165) is 6.42 Å². The molecule has 1 heteroatoms. The summed E-state index contributed by atoms with van der Waals surface area (Å²) >= 11 is 0. The molecule has 0 aliphatic rings. The Morgan fingerprint density at radius 2 is 0.968 bits per heavy atom. The molecular weight excluding hydrogens is 449 g/mol. The fraction of sp³-hybridized carbons (Fsp3) is 0.200. The summed E-state index contributed by atoms with van der Waals surface area (Å²) in [5.41, 5.74) is 8.00. The normalized spacial score (nSPS) is 8.90. The SMILES string of the molecule is C.Cc1cc[c-]cc1.Cc1cc[c-]cc1.Cc1ccc(Cc2cccc(C)c2)cc1.[Y]. The number of benzene rings is 4. The molecule has 0 saturated carbocycles. The number of aryl methyl sites for hydroxylation is 4. The Hall–Kier alpha value is -2.02. The van der Waals surface area contributed by atoms with Crippen LogP contribution in [0.25, 0.3) is 0 Å². The van der Waals surface area contributed by atoms with Gasteiger partial charge >= 0.3 is 0 Å². The van der Waals surface area contributed by atoms with Crippen molar-refractivity contribution in [2.24, 2.45) is 0 Å². The van der Waals surface area contributed by atoms with Gasteiger partial charge in [0.05, 0.1) is 0 Å². The van der Waals surface area contributed by atoms with Crippen molar-refractivity contribution in [1.82, 2.24) is 0 Å². The van der Waals surface area contributed by atoms with E-state index in [1.54, 1.807) is 0 Å². The molecular formula is C30H34Y-2. The van der Waals surface area contributed by atoms with E-state index in [-0.39, 0.29) is 40.1 Å².